The van der Waals surface area contributed by atoms with E-state index in [0.717, 1.165) is 0 Å². The molecule has 0 radical (unpaired) electrons. The van der Waals surface area contributed by atoms with Crippen molar-refractivity contribution in [2.45, 2.75) is 26.9 Å². The van der Waals surface area contributed by atoms with Crippen molar-refractivity contribution in [3.63, 3.8) is 0 Å². The van der Waals surface area contributed by atoms with Crippen LogP contribution in [0.15, 0.2) is 0 Å². The summed E-state index contributed by atoms with van der Waals surface area (Å²) in [6.45, 7) is 5.50. The van der Waals surface area contributed by atoms with Crippen LogP contribution in [-0.2, 0) is 4.74 Å². The molecule has 0 aliphatic rings. The Kier molecular flexibility index (Phi) is 4.49. The first kappa shape index (κ1) is 14.2. The lowest BCUT2D eigenvalue weighted by Gasteiger charge is -2.11. The summed E-state index contributed by atoms with van der Waals surface area (Å²) in [6.07, 6.45) is -0.0903. The fourth-order valence-electron chi connectivity index (χ4n) is 1.71. The molecular formula is C12H18N2O4. The first-order valence-electron chi connectivity index (χ1n) is 5.61. The molecule has 6 nitrogen and oxygen atoms in total. The number of methoxy groups -OCH3 is 1. The fourth-order valence-corrected chi connectivity index (χ4v) is 1.71. The zero-order valence-electron chi connectivity index (χ0n) is 11.0. The molecule has 18 heavy (non-hydrogen) atoms. The van der Waals surface area contributed by atoms with Crippen LogP contribution in [0.2, 0.25) is 0 Å². The van der Waals surface area contributed by atoms with Gasteiger partial charge in [-0.2, -0.15) is 0 Å². The number of carboxylic acids is 1. The van der Waals surface area contributed by atoms with Gasteiger partial charge in [-0.15, -0.1) is 0 Å². The maximum atomic E-state index is 12.0. The predicted octanol–water partition coefficient (Wildman–Crippen LogP) is 1.09. The summed E-state index contributed by atoms with van der Waals surface area (Å²) in [5, 5.41) is 11.7. The number of nitrogens with one attached hydrogen (secondary N) is 2. The van der Waals surface area contributed by atoms with Gasteiger partial charge in [-0.1, -0.05) is 0 Å². The van der Waals surface area contributed by atoms with E-state index >= 15 is 0 Å². The van der Waals surface area contributed by atoms with E-state index in [1.54, 1.807) is 21.0 Å². The standard InChI is InChI=1S/C12H18N2O4/c1-6(18-4)5-13-11(15)9-7(2)10(12(16)17)14-8(9)3/h6,14H,5H2,1-4H3,(H,13,15)(H,16,17). The number of aromatic nitrogens is 1. The van der Waals surface area contributed by atoms with Crippen molar-refractivity contribution >= 4 is 11.9 Å². The second-order valence-corrected chi connectivity index (χ2v) is 4.19. The molecule has 1 heterocycles. The molecule has 1 atom stereocenters. The van der Waals surface area contributed by atoms with Crippen molar-refractivity contribution in [1.29, 1.82) is 0 Å². The summed E-state index contributed by atoms with van der Waals surface area (Å²) in [7, 11) is 1.56. The van der Waals surface area contributed by atoms with E-state index in [1.807, 2.05) is 6.92 Å². The third-order valence-corrected chi connectivity index (χ3v) is 2.83. The van der Waals surface area contributed by atoms with Crippen molar-refractivity contribution in [1.82, 2.24) is 10.3 Å². The SMILES string of the molecule is COC(C)CNC(=O)c1c(C)[nH]c(C(=O)O)c1C. The Balaban J connectivity index is 2.89. The van der Waals surface area contributed by atoms with E-state index in [2.05, 4.69) is 10.3 Å². The minimum atomic E-state index is -1.07. The van der Waals surface area contributed by atoms with Crippen LogP contribution in [0.4, 0.5) is 0 Å². The first-order valence-corrected chi connectivity index (χ1v) is 5.61. The number of aromatic amines is 1. The zero-order valence-corrected chi connectivity index (χ0v) is 11.0. The van der Waals surface area contributed by atoms with Crippen LogP contribution in [0.3, 0.4) is 0 Å². The molecule has 1 unspecified atom stereocenters. The van der Waals surface area contributed by atoms with Crippen molar-refractivity contribution in [3.8, 4) is 0 Å². The van der Waals surface area contributed by atoms with Gasteiger partial charge in [0.05, 0.1) is 11.7 Å². The largest absolute Gasteiger partial charge is 0.477 e. The number of hydrogen-bond donors (Lipinski definition) is 3. The molecule has 3 N–H and O–H groups in total. The Morgan fingerprint density at radius 3 is 2.50 bits per heavy atom. The van der Waals surface area contributed by atoms with Crippen LogP contribution in [0.1, 0.15) is 39.0 Å². The lowest BCUT2D eigenvalue weighted by Crippen LogP contribution is -2.32. The third kappa shape index (κ3) is 2.89. The maximum absolute atomic E-state index is 12.0. The predicted molar refractivity (Wildman–Crippen MR) is 66.0 cm³/mol. The van der Waals surface area contributed by atoms with Gasteiger partial charge in [0.1, 0.15) is 5.69 Å². The molecule has 0 saturated carbocycles. The molecule has 0 bridgehead atoms. The number of carbonyl (C=O) groups excluding carboxylic acids is 1. The van der Waals surface area contributed by atoms with Crippen LogP contribution >= 0.6 is 0 Å². The monoisotopic (exact) mass is 254 g/mol. The lowest BCUT2D eigenvalue weighted by atomic mass is 10.1. The van der Waals surface area contributed by atoms with Gasteiger partial charge < -0.3 is 20.1 Å². The topological polar surface area (TPSA) is 91.4 Å². The first-order chi connectivity index (χ1) is 8.38. The number of carboxylic acid groups (broad SMARTS) is 1. The van der Waals surface area contributed by atoms with Gasteiger partial charge in [-0.3, -0.25) is 4.79 Å². The molecule has 0 fully saturated rings. The molecule has 100 valence electrons. The summed E-state index contributed by atoms with van der Waals surface area (Å²) >= 11 is 0. The van der Waals surface area contributed by atoms with Crippen LogP contribution in [-0.4, -0.2) is 41.7 Å². The number of aryl methyl sites for hydroxylation is 1. The quantitative estimate of drug-likeness (QED) is 0.733. The average Bonchev–Trinajstić information content (AvgIpc) is 2.61. The second kappa shape index (κ2) is 5.68. The van der Waals surface area contributed by atoms with Crippen molar-refractivity contribution in [3.05, 3.63) is 22.5 Å². The number of hydrogen-bond acceptors (Lipinski definition) is 3. The Morgan fingerprint density at radius 1 is 1.44 bits per heavy atom. The number of amides is 1. The Bertz CT molecular complexity index is 465. The number of H-pyrrole nitrogens is 1. The van der Waals surface area contributed by atoms with Gasteiger partial charge in [-0.05, 0) is 26.3 Å². The highest BCUT2D eigenvalue weighted by Crippen LogP contribution is 2.17. The van der Waals surface area contributed by atoms with E-state index in [1.165, 1.54) is 0 Å². The van der Waals surface area contributed by atoms with Gasteiger partial charge in [-0.25, -0.2) is 4.79 Å². The van der Waals surface area contributed by atoms with Gasteiger partial charge in [0.25, 0.3) is 5.91 Å². The second-order valence-electron chi connectivity index (χ2n) is 4.19. The Morgan fingerprint density at radius 2 is 2.06 bits per heavy atom. The van der Waals surface area contributed by atoms with Crippen LogP contribution in [0.5, 0.6) is 0 Å². The number of ether oxygens (including phenoxy) is 1. The highest BCUT2D eigenvalue weighted by molar-refractivity contribution is 6.00. The van der Waals surface area contributed by atoms with Gasteiger partial charge in [0.2, 0.25) is 0 Å². The molecule has 1 aromatic heterocycles. The zero-order chi connectivity index (χ0) is 13.9. The molecule has 1 amide bonds. The maximum Gasteiger partial charge on any atom is 0.352 e. The van der Waals surface area contributed by atoms with Crippen molar-refractivity contribution in [2.24, 2.45) is 0 Å². The average molecular weight is 254 g/mol. The Hall–Kier alpha value is -1.82. The molecule has 1 aromatic rings. The molecular weight excluding hydrogens is 236 g/mol. The minimum Gasteiger partial charge on any atom is -0.477 e. The third-order valence-electron chi connectivity index (χ3n) is 2.83. The van der Waals surface area contributed by atoms with Crippen LogP contribution < -0.4 is 5.32 Å². The van der Waals surface area contributed by atoms with E-state index in [9.17, 15) is 9.59 Å². The molecule has 0 aliphatic heterocycles. The van der Waals surface area contributed by atoms with Gasteiger partial charge >= 0.3 is 5.97 Å². The molecule has 0 spiro atoms. The van der Waals surface area contributed by atoms with Crippen LogP contribution in [0.25, 0.3) is 0 Å². The van der Waals surface area contributed by atoms with E-state index in [0.29, 0.717) is 23.4 Å². The number of aromatic carboxylic acids is 1. The van der Waals surface area contributed by atoms with E-state index in [-0.39, 0.29) is 17.7 Å². The molecule has 6 heteroatoms. The number of carbonyl (C=O) groups is 2. The summed E-state index contributed by atoms with van der Waals surface area (Å²) < 4.78 is 5.02. The molecule has 0 saturated heterocycles. The van der Waals surface area contributed by atoms with Crippen molar-refractivity contribution < 1.29 is 19.4 Å². The summed E-state index contributed by atoms with van der Waals surface area (Å²) in [5.74, 6) is -1.36. The minimum absolute atomic E-state index is 0.0532. The van der Waals surface area contributed by atoms with Crippen molar-refractivity contribution in [2.75, 3.05) is 13.7 Å². The summed E-state index contributed by atoms with van der Waals surface area (Å²) in [5.41, 5.74) is 1.43. The van der Waals surface area contributed by atoms with Gasteiger partial charge in [0, 0.05) is 19.3 Å². The van der Waals surface area contributed by atoms with E-state index in [4.69, 9.17) is 9.84 Å². The molecule has 1 rings (SSSR count). The molecule has 0 aliphatic carbocycles. The smallest absolute Gasteiger partial charge is 0.352 e. The highest BCUT2D eigenvalue weighted by Gasteiger charge is 2.21. The summed E-state index contributed by atoms with van der Waals surface area (Å²) in [4.78, 5) is 25.6. The lowest BCUT2D eigenvalue weighted by molar-refractivity contribution is 0.0690. The van der Waals surface area contributed by atoms with E-state index < -0.39 is 5.97 Å². The molecule has 0 aromatic carbocycles. The van der Waals surface area contributed by atoms with Gasteiger partial charge in [0.15, 0.2) is 0 Å². The number of rotatable bonds is 5. The normalized spacial score (nSPS) is 12.2. The Labute approximate surface area is 105 Å². The van der Waals surface area contributed by atoms with Crippen LogP contribution in [0, 0.1) is 13.8 Å². The highest BCUT2D eigenvalue weighted by atomic mass is 16.5. The summed E-state index contributed by atoms with van der Waals surface area (Å²) in [6, 6.07) is 0. The fraction of sp³-hybridized carbons (Fsp3) is 0.500.